The first-order valence-corrected chi connectivity index (χ1v) is 11.8. The molecular formula is C21H28N2O4S. The highest BCUT2D eigenvalue weighted by Gasteiger charge is 2.51. The minimum Gasteiger partial charge on any atom is -0.273 e. The topological polar surface area (TPSA) is 92.3 Å². The van der Waals surface area contributed by atoms with E-state index >= 15 is 0 Å². The molecule has 2 N–H and O–H groups in total. The van der Waals surface area contributed by atoms with Gasteiger partial charge in [-0.15, -0.1) is 0 Å². The maximum Gasteiger partial charge on any atom is 0.239 e. The Morgan fingerprint density at radius 1 is 0.893 bits per heavy atom. The molecule has 5 rings (SSSR count). The van der Waals surface area contributed by atoms with Crippen molar-refractivity contribution in [3.63, 3.8) is 0 Å². The molecular weight excluding hydrogens is 376 g/mol. The largest absolute Gasteiger partial charge is 0.273 e. The molecule has 7 heteroatoms. The van der Waals surface area contributed by atoms with E-state index in [0.29, 0.717) is 6.42 Å². The third-order valence-corrected chi connectivity index (χ3v) is 8.47. The van der Waals surface area contributed by atoms with Crippen LogP contribution in [-0.4, -0.2) is 26.0 Å². The summed E-state index contributed by atoms with van der Waals surface area (Å²) in [5, 5.41) is 0. The van der Waals surface area contributed by atoms with Crippen LogP contribution < -0.4 is 10.9 Å². The van der Waals surface area contributed by atoms with Crippen LogP contribution in [0.2, 0.25) is 0 Å². The molecule has 0 unspecified atom stereocenters. The number of hydrazine groups is 1. The van der Waals surface area contributed by atoms with Crippen LogP contribution in [0, 0.1) is 23.2 Å². The first kappa shape index (κ1) is 19.4. The standard InChI is InChI=1S/C21H28N2O4S/c24-19(6-7-28(26,27)18-4-2-1-3-5-18)22-23-20(25)14-21-11-15-8-16(12-21)10-17(9-15)13-21/h1-5,15-17H,6-14H2,(H,22,24)(H,23,25). The Labute approximate surface area is 166 Å². The summed E-state index contributed by atoms with van der Waals surface area (Å²) in [5.41, 5.74) is 5.00. The van der Waals surface area contributed by atoms with Crippen LogP contribution in [0.5, 0.6) is 0 Å². The SMILES string of the molecule is O=C(CCS(=O)(=O)c1ccccc1)NNC(=O)CC12CC3CC(CC(C3)C1)C2. The van der Waals surface area contributed by atoms with Gasteiger partial charge in [-0.2, -0.15) is 0 Å². The van der Waals surface area contributed by atoms with E-state index in [9.17, 15) is 18.0 Å². The van der Waals surface area contributed by atoms with Crippen molar-refractivity contribution in [2.24, 2.45) is 23.2 Å². The molecule has 0 heterocycles. The predicted octanol–water partition coefficient (Wildman–Crippen LogP) is 2.60. The van der Waals surface area contributed by atoms with Crippen molar-refractivity contribution < 1.29 is 18.0 Å². The van der Waals surface area contributed by atoms with Gasteiger partial charge in [0, 0.05) is 12.8 Å². The average Bonchev–Trinajstić information content (AvgIpc) is 2.64. The molecule has 0 aliphatic heterocycles. The van der Waals surface area contributed by atoms with Gasteiger partial charge in [0.1, 0.15) is 0 Å². The summed E-state index contributed by atoms with van der Waals surface area (Å²) in [6.07, 6.45) is 7.66. The van der Waals surface area contributed by atoms with Crippen molar-refractivity contribution in [1.29, 1.82) is 0 Å². The van der Waals surface area contributed by atoms with Crippen LogP contribution in [0.1, 0.15) is 51.4 Å². The van der Waals surface area contributed by atoms with Crippen molar-refractivity contribution >= 4 is 21.7 Å². The minimum absolute atomic E-state index is 0.111. The zero-order chi connectivity index (χ0) is 19.8. The third kappa shape index (κ3) is 4.24. The number of benzene rings is 1. The highest BCUT2D eigenvalue weighted by atomic mass is 32.2. The Hall–Kier alpha value is -1.89. The first-order chi connectivity index (χ1) is 13.3. The fourth-order valence-electron chi connectivity index (χ4n) is 6.07. The predicted molar refractivity (Wildman–Crippen MR) is 105 cm³/mol. The lowest BCUT2D eigenvalue weighted by Crippen LogP contribution is -2.50. The molecule has 0 saturated heterocycles. The number of carbonyl (C=O) groups is 2. The van der Waals surface area contributed by atoms with Crippen LogP contribution in [0.15, 0.2) is 35.2 Å². The van der Waals surface area contributed by atoms with Gasteiger partial charge in [-0.25, -0.2) is 8.42 Å². The number of nitrogens with one attached hydrogen (secondary N) is 2. The summed E-state index contributed by atoms with van der Waals surface area (Å²) >= 11 is 0. The number of amides is 2. The number of carbonyl (C=O) groups excluding carboxylic acids is 2. The van der Waals surface area contributed by atoms with Crippen molar-refractivity contribution in [3.05, 3.63) is 30.3 Å². The van der Waals surface area contributed by atoms with Crippen molar-refractivity contribution in [2.45, 2.75) is 56.3 Å². The summed E-state index contributed by atoms with van der Waals surface area (Å²) in [6.45, 7) is 0. The molecule has 0 radical (unpaired) electrons. The van der Waals surface area contributed by atoms with Crippen LogP contribution in [0.3, 0.4) is 0 Å². The Kier molecular flexibility index (Phi) is 5.21. The lowest BCUT2D eigenvalue weighted by atomic mass is 9.49. The van der Waals surface area contributed by atoms with Crippen molar-refractivity contribution in [3.8, 4) is 0 Å². The molecule has 2 amide bonds. The molecule has 152 valence electrons. The van der Waals surface area contributed by atoms with E-state index in [2.05, 4.69) is 10.9 Å². The van der Waals surface area contributed by atoms with Crippen LogP contribution >= 0.6 is 0 Å². The normalized spacial score (nSPS) is 30.8. The average molecular weight is 405 g/mol. The van der Waals surface area contributed by atoms with Gasteiger partial charge >= 0.3 is 0 Å². The molecule has 4 bridgehead atoms. The lowest BCUT2D eigenvalue weighted by Gasteiger charge is -2.56. The minimum atomic E-state index is -3.50. The van der Waals surface area contributed by atoms with Gasteiger partial charge in [0.05, 0.1) is 10.6 Å². The maximum absolute atomic E-state index is 12.4. The molecule has 4 aliphatic rings. The van der Waals surface area contributed by atoms with E-state index < -0.39 is 15.7 Å². The van der Waals surface area contributed by atoms with Gasteiger partial charge in [-0.1, -0.05) is 18.2 Å². The van der Waals surface area contributed by atoms with Crippen LogP contribution in [-0.2, 0) is 19.4 Å². The van der Waals surface area contributed by atoms with Gasteiger partial charge < -0.3 is 0 Å². The summed E-state index contributed by atoms with van der Waals surface area (Å²) in [6, 6.07) is 8.07. The highest BCUT2D eigenvalue weighted by Crippen LogP contribution is 2.61. The number of rotatable bonds is 6. The van der Waals surface area contributed by atoms with Crippen molar-refractivity contribution in [1.82, 2.24) is 10.9 Å². The summed E-state index contributed by atoms with van der Waals surface area (Å²) in [7, 11) is -3.50. The van der Waals surface area contributed by atoms with E-state index in [0.717, 1.165) is 37.0 Å². The smallest absolute Gasteiger partial charge is 0.239 e. The molecule has 6 nitrogen and oxygen atoms in total. The van der Waals surface area contributed by atoms with Gasteiger partial charge in [0.15, 0.2) is 9.84 Å². The van der Waals surface area contributed by atoms with Crippen LogP contribution in [0.25, 0.3) is 0 Å². The van der Waals surface area contributed by atoms with Crippen LogP contribution in [0.4, 0.5) is 0 Å². The summed E-state index contributed by atoms with van der Waals surface area (Å²) in [5.74, 6) is 1.39. The van der Waals surface area contributed by atoms with Gasteiger partial charge in [-0.05, 0) is 73.8 Å². The van der Waals surface area contributed by atoms with E-state index in [1.54, 1.807) is 18.2 Å². The maximum atomic E-state index is 12.4. The number of sulfone groups is 1. The van der Waals surface area contributed by atoms with E-state index in [-0.39, 0.29) is 28.4 Å². The molecule has 1 aromatic rings. The Bertz CT molecular complexity index is 815. The van der Waals surface area contributed by atoms with E-state index in [4.69, 9.17) is 0 Å². The Morgan fingerprint density at radius 3 is 2.00 bits per heavy atom. The first-order valence-electron chi connectivity index (χ1n) is 10.2. The quantitative estimate of drug-likeness (QED) is 0.713. The molecule has 0 aromatic heterocycles. The fraction of sp³-hybridized carbons (Fsp3) is 0.619. The number of hydrogen-bond acceptors (Lipinski definition) is 4. The third-order valence-electron chi connectivity index (χ3n) is 6.74. The Morgan fingerprint density at radius 2 is 1.43 bits per heavy atom. The monoisotopic (exact) mass is 404 g/mol. The van der Waals surface area contributed by atoms with Gasteiger partial charge in [-0.3, -0.25) is 20.4 Å². The second kappa shape index (κ2) is 7.50. The molecule has 28 heavy (non-hydrogen) atoms. The lowest BCUT2D eigenvalue weighted by molar-refractivity contribution is -0.134. The second-order valence-electron chi connectivity index (χ2n) is 9.07. The summed E-state index contributed by atoms with van der Waals surface area (Å²) in [4.78, 5) is 24.6. The molecule has 1 aromatic carbocycles. The van der Waals surface area contributed by atoms with E-state index in [1.165, 1.54) is 31.4 Å². The Balaban J connectivity index is 1.23. The van der Waals surface area contributed by atoms with Crippen molar-refractivity contribution in [2.75, 3.05) is 5.75 Å². The fourth-order valence-corrected chi connectivity index (χ4v) is 7.33. The molecule has 0 atom stereocenters. The molecule has 4 aliphatic carbocycles. The van der Waals surface area contributed by atoms with E-state index in [1.807, 2.05) is 0 Å². The highest BCUT2D eigenvalue weighted by molar-refractivity contribution is 7.91. The summed E-state index contributed by atoms with van der Waals surface area (Å²) < 4.78 is 24.4. The van der Waals surface area contributed by atoms with Gasteiger partial charge in [0.25, 0.3) is 0 Å². The second-order valence-corrected chi connectivity index (χ2v) is 11.2. The molecule has 0 spiro atoms. The zero-order valence-corrected chi connectivity index (χ0v) is 16.8. The number of hydrogen-bond donors (Lipinski definition) is 2. The molecule has 4 fully saturated rings. The zero-order valence-electron chi connectivity index (χ0n) is 16.0. The van der Waals surface area contributed by atoms with Gasteiger partial charge in [0.2, 0.25) is 11.8 Å². The molecule has 4 saturated carbocycles.